The molecule has 1 N–H and O–H groups in total. The van der Waals surface area contributed by atoms with Gasteiger partial charge in [-0.15, -0.1) is 0 Å². The average molecular weight is 351 g/mol. The highest BCUT2D eigenvalue weighted by Gasteiger charge is 2.20. The van der Waals surface area contributed by atoms with Gasteiger partial charge in [0.05, 0.1) is 7.11 Å². The van der Waals surface area contributed by atoms with E-state index in [2.05, 4.69) is 27.3 Å². The predicted molar refractivity (Wildman–Crippen MR) is 103 cm³/mol. The van der Waals surface area contributed by atoms with Gasteiger partial charge >= 0.3 is 0 Å². The van der Waals surface area contributed by atoms with Crippen LogP contribution in [0.15, 0.2) is 54.9 Å². The van der Waals surface area contributed by atoms with E-state index in [-0.39, 0.29) is 11.9 Å². The van der Waals surface area contributed by atoms with Gasteiger partial charge in [-0.2, -0.15) is 0 Å². The van der Waals surface area contributed by atoms with E-state index in [4.69, 9.17) is 4.74 Å². The van der Waals surface area contributed by atoms with Gasteiger partial charge in [0.2, 0.25) is 5.91 Å². The lowest BCUT2D eigenvalue weighted by Crippen LogP contribution is -2.43. The summed E-state index contributed by atoms with van der Waals surface area (Å²) in [5.41, 5.74) is 2.21. The zero-order chi connectivity index (χ0) is 18.2. The Bertz CT molecular complexity index is 721. The average Bonchev–Trinajstić information content (AvgIpc) is 2.69. The van der Waals surface area contributed by atoms with E-state index in [0.29, 0.717) is 0 Å². The Morgan fingerprint density at radius 3 is 2.69 bits per heavy atom. The second kappa shape index (κ2) is 9.15. The van der Waals surface area contributed by atoms with Crippen LogP contribution in [0.2, 0.25) is 0 Å². The Labute approximate surface area is 154 Å². The van der Waals surface area contributed by atoms with E-state index < -0.39 is 0 Å². The zero-order valence-corrected chi connectivity index (χ0v) is 15.1. The van der Waals surface area contributed by atoms with Crippen LogP contribution < -0.4 is 10.1 Å². The van der Waals surface area contributed by atoms with Crippen molar-refractivity contribution < 1.29 is 9.53 Å². The first-order chi connectivity index (χ1) is 12.7. The molecule has 0 aliphatic carbocycles. The zero-order valence-electron chi connectivity index (χ0n) is 15.1. The maximum absolute atomic E-state index is 12.1. The van der Waals surface area contributed by atoms with Crippen LogP contribution in [0.25, 0.3) is 6.08 Å². The summed E-state index contributed by atoms with van der Waals surface area (Å²) in [4.78, 5) is 18.5. The van der Waals surface area contributed by atoms with Crippen LogP contribution in [-0.4, -0.2) is 42.0 Å². The number of amides is 1. The monoisotopic (exact) mass is 351 g/mol. The van der Waals surface area contributed by atoms with Crippen molar-refractivity contribution >= 4 is 12.0 Å². The number of aromatic nitrogens is 1. The Morgan fingerprint density at radius 1 is 1.27 bits per heavy atom. The SMILES string of the molecule is COc1ccc(CN2CCC(NC(=O)C=Cc3cccnc3)CC2)cc1. The Hall–Kier alpha value is -2.66. The first-order valence-corrected chi connectivity index (χ1v) is 8.97. The molecule has 1 aliphatic heterocycles. The number of nitrogens with zero attached hydrogens (tertiary/aromatic N) is 2. The number of likely N-dealkylation sites (tertiary alicyclic amines) is 1. The minimum absolute atomic E-state index is 0.0394. The van der Waals surface area contributed by atoms with Crippen LogP contribution >= 0.6 is 0 Å². The fraction of sp³-hybridized carbons (Fsp3) is 0.333. The van der Waals surface area contributed by atoms with Gasteiger partial charge < -0.3 is 10.1 Å². The quantitative estimate of drug-likeness (QED) is 0.813. The summed E-state index contributed by atoms with van der Waals surface area (Å²) in [7, 11) is 1.68. The second-order valence-corrected chi connectivity index (χ2v) is 6.53. The normalized spacial score (nSPS) is 15.9. The summed E-state index contributed by atoms with van der Waals surface area (Å²) in [5.74, 6) is 0.844. The van der Waals surface area contributed by atoms with Gasteiger partial charge in [0.25, 0.3) is 0 Å². The van der Waals surface area contributed by atoms with Crippen LogP contribution in [0.1, 0.15) is 24.0 Å². The van der Waals surface area contributed by atoms with Gasteiger partial charge in [0, 0.05) is 44.1 Å². The fourth-order valence-corrected chi connectivity index (χ4v) is 3.12. The van der Waals surface area contributed by atoms with Gasteiger partial charge in [-0.3, -0.25) is 14.7 Å². The number of carbonyl (C=O) groups excluding carboxylic acids is 1. The highest BCUT2D eigenvalue weighted by molar-refractivity contribution is 5.91. The summed E-state index contributed by atoms with van der Waals surface area (Å²) >= 11 is 0. The van der Waals surface area contributed by atoms with E-state index in [0.717, 1.165) is 43.8 Å². The number of pyridine rings is 1. The van der Waals surface area contributed by atoms with E-state index in [9.17, 15) is 4.79 Å². The third-order valence-corrected chi connectivity index (χ3v) is 4.61. The summed E-state index contributed by atoms with van der Waals surface area (Å²) < 4.78 is 5.20. The minimum Gasteiger partial charge on any atom is -0.497 e. The van der Waals surface area contributed by atoms with Gasteiger partial charge in [-0.25, -0.2) is 0 Å². The molecule has 0 saturated carbocycles. The van der Waals surface area contributed by atoms with Crippen molar-refractivity contribution in [1.82, 2.24) is 15.2 Å². The maximum atomic E-state index is 12.1. The predicted octanol–water partition coefficient (Wildman–Crippen LogP) is 2.88. The molecule has 0 radical (unpaired) electrons. The molecule has 0 bridgehead atoms. The highest BCUT2D eigenvalue weighted by Crippen LogP contribution is 2.16. The molecule has 2 aromatic rings. The number of ether oxygens (including phenoxy) is 1. The summed E-state index contributed by atoms with van der Waals surface area (Å²) in [5, 5.41) is 3.10. The molecule has 5 nitrogen and oxygen atoms in total. The summed E-state index contributed by atoms with van der Waals surface area (Å²) in [6.07, 6.45) is 8.78. The highest BCUT2D eigenvalue weighted by atomic mass is 16.5. The van der Waals surface area contributed by atoms with Crippen molar-refractivity contribution in [3.8, 4) is 5.75 Å². The van der Waals surface area contributed by atoms with Gasteiger partial charge in [-0.1, -0.05) is 18.2 Å². The smallest absolute Gasteiger partial charge is 0.244 e. The molecule has 1 aliphatic rings. The minimum atomic E-state index is -0.0394. The lowest BCUT2D eigenvalue weighted by Gasteiger charge is -2.32. The van der Waals surface area contributed by atoms with Crippen molar-refractivity contribution in [2.75, 3.05) is 20.2 Å². The number of piperidine rings is 1. The Balaban J connectivity index is 1.41. The first-order valence-electron chi connectivity index (χ1n) is 8.97. The molecule has 1 amide bonds. The van der Waals surface area contributed by atoms with Crippen molar-refractivity contribution in [2.45, 2.75) is 25.4 Å². The maximum Gasteiger partial charge on any atom is 0.244 e. The van der Waals surface area contributed by atoms with Gasteiger partial charge in [-0.05, 0) is 48.2 Å². The van der Waals surface area contributed by atoms with Crippen LogP contribution in [0.4, 0.5) is 0 Å². The molecule has 26 heavy (non-hydrogen) atoms. The standard InChI is InChI=1S/C21H25N3O2/c1-26-20-7-4-18(5-8-20)16-24-13-10-19(11-14-24)23-21(25)9-6-17-3-2-12-22-15-17/h2-9,12,15,19H,10-11,13-14,16H2,1H3,(H,23,25). The lowest BCUT2D eigenvalue weighted by atomic mass is 10.0. The number of benzene rings is 1. The molecule has 0 unspecified atom stereocenters. The van der Waals surface area contributed by atoms with Crippen molar-refractivity contribution in [1.29, 1.82) is 0 Å². The van der Waals surface area contributed by atoms with Crippen molar-refractivity contribution in [3.63, 3.8) is 0 Å². The Kier molecular flexibility index (Phi) is 6.39. The van der Waals surface area contributed by atoms with E-state index in [1.165, 1.54) is 5.56 Å². The molecule has 1 saturated heterocycles. The molecule has 3 rings (SSSR count). The fourth-order valence-electron chi connectivity index (χ4n) is 3.12. The molecule has 1 aromatic carbocycles. The molecule has 0 atom stereocenters. The van der Waals surface area contributed by atoms with Crippen molar-refractivity contribution in [2.24, 2.45) is 0 Å². The van der Waals surface area contributed by atoms with Gasteiger partial charge in [0.15, 0.2) is 0 Å². The number of hydrogen-bond donors (Lipinski definition) is 1. The largest absolute Gasteiger partial charge is 0.497 e. The number of methoxy groups -OCH3 is 1. The third-order valence-electron chi connectivity index (χ3n) is 4.61. The molecule has 5 heteroatoms. The van der Waals surface area contributed by atoms with Crippen LogP contribution in [0.5, 0.6) is 5.75 Å². The molecule has 1 fully saturated rings. The number of nitrogens with one attached hydrogen (secondary N) is 1. The lowest BCUT2D eigenvalue weighted by molar-refractivity contribution is -0.117. The Morgan fingerprint density at radius 2 is 2.04 bits per heavy atom. The van der Waals surface area contributed by atoms with Crippen molar-refractivity contribution in [3.05, 3.63) is 66.0 Å². The second-order valence-electron chi connectivity index (χ2n) is 6.53. The topological polar surface area (TPSA) is 54.5 Å². The molecular formula is C21H25N3O2. The van der Waals surface area contributed by atoms with E-state index >= 15 is 0 Å². The van der Waals surface area contributed by atoms with E-state index in [1.54, 1.807) is 31.7 Å². The van der Waals surface area contributed by atoms with Crippen LogP contribution in [0, 0.1) is 0 Å². The molecule has 0 spiro atoms. The first kappa shape index (κ1) is 18.1. The molecule has 1 aromatic heterocycles. The third kappa shape index (κ3) is 5.43. The van der Waals surface area contributed by atoms with E-state index in [1.807, 2.05) is 24.3 Å². The molecular weight excluding hydrogens is 326 g/mol. The number of carbonyl (C=O) groups is 1. The van der Waals surface area contributed by atoms with Crippen LogP contribution in [-0.2, 0) is 11.3 Å². The summed E-state index contributed by atoms with van der Waals surface area (Å²) in [6, 6.07) is 12.2. The number of rotatable bonds is 6. The van der Waals surface area contributed by atoms with Crippen LogP contribution in [0.3, 0.4) is 0 Å². The van der Waals surface area contributed by atoms with Gasteiger partial charge in [0.1, 0.15) is 5.75 Å². The molecule has 136 valence electrons. The summed E-state index contributed by atoms with van der Waals surface area (Å²) in [6.45, 7) is 2.91. The molecule has 2 heterocycles. The number of hydrogen-bond acceptors (Lipinski definition) is 4.